The number of hydrogen-bond acceptors (Lipinski definition) is 1. The predicted octanol–water partition coefficient (Wildman–Crippen LogP) is 1.89. The van der Waals surface area contributed by atoms with Gasteiger partial charge in [-0.3, -0.25) is 4.98 Å². The number of hydrogen-bond donors (Lipinski definition) is 0. The molecule has 0 aromatic carbocycles. The second kappa shape index (κ2) is 2.91. The van der Waals surface area contributed by atoms with E-state index in [0.29, 0.717) is 0 Å². The minimum absolute atomic E-state index is 1.01. The highest BCUT2D eigenvalue weighted by Gasteiger charge is 2.28. The van der Waals surface area contributed by atoms with E-state index in [9.17, 15) is 0 Å². The lowest BCUT2D eigenvalue weighted by atomic mass is 10.1. The second-order valence-corrected chi connectivity index (χ2v) is 4.72. The van der Waals surface area contributed by atoms with Crippen molar-refractivity contribution in [3.8, 4) is 11.3 Å². The third-order valence-corrected chi connectivity index (χ3v) is 3.76. The molecule has 0 saturated heterocycles. The smallest absolute Gasteiger partial charge is 0.215 e. The first kappa shape index (κ1) is 8.45. The van der Waals surface area contributed by atoms with Gasteiger partial charge in [0.1, 0.15) is 0 Å². The molecule has 0 fully saturated rings. The highest BCUT2D eigenvalue weighted by Crippen LogP contribution is 2.29. The third kappa shape index (κ3) is 1.02. The van der Waals surface area contributed by atoms with E-state index < -0.39 is 0 Å². The van der Waals surface area contributed by atoms with Crippen LogP contribution < -0.4 is 4.57 Å². The molecule has 0 unspecified atom stereocenters. The summed E-state index contributed by atoms with van der Waals surface area (Å²) >= 11 is 0. The molecule has 16 heavy (non-hydrogen) atoms. The Hall–Kier alpha value is -1.70. The summed E-state index contributed by atoms with van der Waals surface area (Å²) in [6.45, 7) is 1.01. The molecule has 2 aromatic heterocycles. The molecule has 2 aliphatic rings. The summed E-state index contributed by atoms with van der Waals surface area (Å²) in [4.78, 5) is 4.24. The molecule has 0 bridgehead atoms. The Kier molecular flexibility index (Phi) is 1.54. The first-order valence-corrected chi connectivity index (χ1v) is 5.90. The van der Waals surface area contributed by atoms with E-state index in [0.717, 1.165) is 6.54 Å². The molecule has 2 aromatic rings. The summed E-state index contributed by atoms with van der Waals surface area (Å²) in [6.07, 6.45) is 10.0. The largest absolute Gasteiger partial charge is 0.264 e. The van der Waals surface area contributed by atoms with Crippen molar-refractivity contribution in [2.75, 3.05) is 0 Å². The van der Waals surface area contributed by atoms with Crippen molar-refractivity contribution < 1.29 is 4.57 Å². The zero-order valence-corrected chi connectivity index (χ0v) is 9.11. The average molecular weight is 209 g/mol. The van der Waals surface area contributed by atoms with Crippen molar-refractivity contribution in [3.05, 3.63) is 47.4 Å². The van der Waals surface area contributed by atoms with Crippen molar-refractivity contribution in [2.45, 2.75) is 25.8 Å². The summed E-state index contributed by atoms with van der Waals surface area (Å²) in [5, 5.41) is 0. The first-order valence-electron chi connectivity index (χ1n) is 5.90. The van der Waals surface area contributed by atoms with Crippen LogP contribution in [0.2, 0.25) is 0 Å². The number of aromatic nitrogens is 2. The molecule has 0 amide bonds. The monoisotopic (exact) mass is 209 g/mol. The number of nitrogens with zero attached hydrogens (tertiary/aromatic N) is 2. The van der Waals surface area contributed by atoms with E-state index in [4.69, 9.17) is 0 Å². The van der Waals surface area contributed by atoms with Crippen molar-refractivity contribution in [2.24, 2.45) is 0 Å². The summed E-state index contributed by atoms with van der Waals surface area (Å²) in [7, 11) is 0. The van der Waals surface area contributed by atoms with E-state index in [1.165, 1.54) is 36.1 Å². The van der Waals surface area contributed by atoms with E-state index in [1.54, 1.807) is 11.1 Å². The topological polar surface area (TPSA) is 16.8 Å². The van der Waals surface area contributed by atoms with Gasteiger partial charge < -0.3 is 0 Å². The van der Waals surface area contributed by atoms with E-state index in [2.05, 4.69) is 27.9 Å². The van der Waals surface area contributed by atoms with Gasteiger partial charge in [-0.15, -0.1) is 0 Å². The molecule has 1 aliphatic carbocycles. The summed E-state index contributed by atoms with van der Waals surface area (Å²) in [6, 6.07) is 4.50. The zero-order chi connectivity index (χ0) is 10.5. The molecule has 2 heteroatoms. The van der Waals surface area contributed by atoms with E-state index in [1.807, 2.05) is 12.4 Å². The van der Waals surface area contributed by atoms with Gasteiger partial charge >= 0.3 is 0 Å². The lowest BCUT2D eigenvalue weighted by molar-refractivity contribution is -0.672. The average Bonchev–Trinajstić information content (AvgIpc) is 2.88. The number of aryl methyl sites for hydroxylation is 2. The molecule has 0 spiro atoms. The molecule has 0 atom stereocenters. The normalized spacial score (nSPS) is 15.8. The van der Waals surface area contributed by atoms with Gasteiger partial charge in [0.25, 0.3) is 0 Å². The fourth-order valence-electron chi connectivity index (χ4n) is 2.95. The van der Waals surface area contributed by atoms with Crippen LogP contribution in [0.25, 0.3) is 11.3 Å². The minimum Gasteiger partial charge on any atom is -0.264 e. The SMILES string of the molecule is c1cc2c(cn1)-c1cc3c(c[n+]1C2)CCC3. The van der Waals surface area contributed by atoms with Crippen LogP contribution in [-0.2, 0) is 19.4 Å². The van der Waals surface area contributed by atoms with Crippen LogP contribution in [0.15, 0.2) is 30.7 Å². The standard InChI is InChI=1S/C14H13N2/c1-2-10-6-14-13-7-15-5-4-12(13)9-16(14)8-11(10)3-1/h4-8H,1-3,9H2/q+1. The van der Waals surface area contributed by atoms with Crippen LogP contribution in [-0.4, -0.2) is 4.98 Å². The third-order valence-electron chi connectivity index (χ3n) is 3.76. The molecule has 0 N–H and O–H groups in total. The Balaban J connectivity index is 1.98. The van der Waals surface area contributed by atoms with Gasteiger partial charge in [-0.25, -0.2) is 0 Å². The van der Waals surface area contributed by atoms with Crippen LogP contribution in [0.4, 0.5) is 0 Å². The van der Waals surface area contributed by atoms with E-state index >= 15 is 0 Å². The maximum absolute atomic E-state index is 4.24. The fraction of sp³-hybridized carbons (Fsp3) is 0.286. The number of pyridine rings is 2. The lowest BCUT2D eigenvalue weighted by Crippen LogP contribution is -2.32. The van der Waals surface area contributed by atoms with Crippen LogP contribution in [0.5, 0.6) is 0 Å². The number of rotatable bonds is 0. The highest BCUT2D eigenvalue weighted by atomic mass is 15.0. The van der Waals surface area contributed by atoms with Gasteiger partial charge in [0.15, 0.2) is 12.7 Å². The van der Waals surface area contributed by atoms with Crippen LogP contribution >= 0.6 is 0 Å². The van der Waals surface area contributed by atoms with Gasteiger partial charge in [-0.05, 0) is 30.9 Å². The molecular weight excluding hydrogens is 196 g/mol. The Morgan fingerprint density at radius 1 is 1.12 bits per heavy atom. The fourth-order valence-corrected chi connectivity index (χ4v) is 2.95. The molecule has 78 valence electrons. The van der Waals surface area contributed by atoms with Crippen molar-refractivity contribution >= 4 is 0 Å². The molecule has 4 rings (SSSR count). The summed E-state index contributed by atoms with van der Waals surface area (Å²) in [5.74, 6) is 0. The van der Waals surface area contributed by atoms with Crippen LogP contribution in [0.3, 0.4) is 0 Å². The molecule has 1 aliphatic heterocycles. The second-order valence-electron chi connectivity index (χ2n) is 4.72. The molecule has 3 heterocycles. The van der Waals surface area contributed by atoms with Crippen LogP contribution in [0.1, 0.15) is 23.1 Å². The van der Waals surface area contributed by atoms with Crippen molar-refractivity contribution in [3.63, 3.8) is 0 Å². The lowest BCUT2D eigenvalue weighted by Gasteiger charge is -1.98. The van der Waals surface area contributed by atoms with Gasteiger partial charge in [-0.2, -0.15) is 4.57 Å². The molecule has 0 radical (unpaired) electrons. The van der Waals surface area contributed by atoms with Gasteiger partial charge in [-0.1, -0.05) is 0 Å². The quantitative estimate of drug-likeness (QED) is 0.517. The highest BCUT2D eigenvalue weighted by molar-refractivity contribution is 5.63. The molecule has 2 nitrogen and oxygen atoms in total. The summed E-state index contributed by atoms with van der Waals surface area (Å²) in [5.41, 5.74) is 7.16. The summed E-state index contributed by atoms with van der Waals surface area (Å²) < 4.78 is 2.37. The Morgan fingerprint density at radius 2 is 2.06 bits per heavy atom. The maximum atomic E-state index is 4.24. The Labute approximate surface area is 94.6 Å². The van der Waals surface area contributed by atoms with Gasteiger partial charge in [0, 0.05) is 29.6 Å². The zero-order valence-electron chi connectivity index (χ0n) is 9.11. The van der Waals surface area contributed by atoms with Crippen LogP contribution in [0, 0.1) is 0 Å². The predicted molar refractivity (Wildman–Crippen MR) is 61.0 cm³/mol. The molecule has 0 saturated carbocycles. The van der Waals surface area contributed by atoms with Gasteiger partial charge in [0.2, 0.25) is 5.69 Å². The maximum Gasteiger partial charge on any atom is 0.215 e. The first-order chi connectivity index (χ1) is 7.92. The van der Waals surface area contributed by atoms with Gasteiger partial charge in [0.05, 0.1) is 5.56 Å². The Morgan fingerprint density at radius 3 is 3.06 bits per heavy atom. The number of fused-ring (bicyclic) bond motifs is 4. The van der Waals surface area contributed by atoms with Crippen molar-refractivity contribution in [1.82, 2.24) is 4.98 Å². The van der Waals surface area contributed by atoms with E-state index in [-0.39, 0.29) is 0 Å². The Bertz CT molecular complexity index is 587. The molecular formula is C14H13N2+. The minimum atomic E-state index is 1.01. The van der Waals surface area contributed by atoms with Crippen molar-refractivity contribution in [1.29, 1.82) is 0 Å².